The number of carbonyl (C=O) groups excluding carboxylic acids is 1. The van der Waals surface area contributed by atoms with E-state index < -0.39 is 0 Å². The number of carbonyl (C=O) groups is 1. The summed E-state index contributed by atoms with van der Waals surface area (Å²) in [7, 11) is 0. The van der Waals surface area contributed by atoms with Crippen LogP contribution in [-0.2, 0) is 4.74 Å². The number of anilines is 1. The van der Waals surface area contributed by atoms with Crippen molar-refractivity contribution >= 4 is 22.6 Å². The van der Waals surface area contributed by atoms with Gasteiger partial charge in [-0.1, -0.05) is 12.1 Å². The third-order valence-electron chi connectivity index (χ3n) is 3.67. The average Bonchev–Trinajstić information content (AvgIpc) is 2.54. The number of hydrogen-bond acceptors (Lipinski definition) is 3. The number of nitrogens with one attached hydrogen (secondary N) is 2. The van der Waals surface area contributed by atoms with Crippen LogP contribution in [0.3, 0.4) is 0 Å². The first-order valence-corrected chi connectivity index (χ1v) is 7.28. The van der Waals surface area contributed by atoms with Crippen molar-refractivity contribution < 1.29 is 9.53 Å². The Kier molecular flexibility index (Phi) is 4.31. The van der Waals surface area contributed by atoms with Gasteiger partial charge in [-0.25, -0.2) is 4.79 Å². The Morgan fingerprint density at radius 3 is 3.19 bits per heavy atom. The van der Waals surface area contributed by atoms with E-state index in [9.17, 15) is 4.79 Å². The van der Waals surface area contributed by atoms with Gasteiger partial charge in [0, 0.05) is 30.4 Å². The lowest BCUT2D eigenvalue weighted by molar-refractivity contribution is 0.0559. The molecule has 2 amide bonds. The van der Waals surface area contributed by atoms with Crippen LogP contribution in [0.15, 0.2) is 36.5 Å². The fraction of sp³-hybridized carbons (Fsp3) is 0.375. The van der Waals surface area contributed by atoms with E-state index in [1.54, 1.807) is 6.20 Å². The Hall–Kier alpha value is -2.14. The van der Waals surface area contributed by atoms with Gasteiger partial charge in [0.1, 0.15) is 0 Å². The second-order valence-corrected chi connectivity index (χ2v) is 5.33. The highest BCUT2D eigenvalue weighted by Crippen LogP contribution is 2.17. The molecule has 1 atom stereocenters. The predicted octanol–water partition coefficient (Wildman–Crippen LogP) is 2.78. The quantitative estimate of drug-likeness (QED) is 0.911. The number of pyridine rings is 1. The molecule has 0 saturated carbocycles. The smallest absolute Gasteiger partial charge is 0.319 e. The van der Waals surface area contributed by atoms with Crippen molar-refractivity contribution in [3.8, 4) is 0 Å². The number of aromatic nitrogens is 1. The van der Waals surface area contributed by atoms with E-state index in [1.165, 1.54) is 0 Å². The second kappa shape index (κ2) is 6.54. The lowest BCUT2D eigenvalue weighted by atomic mass is 10.0. The van der Waals surface area contributed by atoms with E-state index in [0.717, 1.165) is 42.6 Å². The van der Waals surface area contributed by atoms with Crippen LogP contribution in [0.1, 0.15) is 12.8 Å². The lowest BCUT2D eigenvalue weighted by Gasteiger charge is -2.22. The zero-order valence-electron chi connectivity index (χ0n) is 11.8. The van der Waals surface area contributed by atoms with Gasteiger partial charge in [-0.2, -0.15) is 0 Å². The predicted molar refractivity (Wildman–Crippen MR) is 82.3 cm³/mol. The maximum absolute atomic E-state index is 11.9. The Balaban J connectivity index is 1.55. The summed E-state index contributed by atoms with van der Waals surface area (Å²) in [6.07, 6.45) is 3.93. The van der Waals surface area contributed by atoms with Crippen LogP contribution in [0.4, 0.5) is 10.5 Å². The summed E-state index contributed by atoms with van der Waals surface area (Å²) in [4.78, 5) is 16.2. The van der Waals surface area contributed by atoms with Gasteiger partial charge in [0.25, 0.3) is 0 Å². The van der Waals surface area contributed by atoms with Crippen LogP contribution in [0.5, 0.6) is 0 Å². The van der Waals surface area contributed by atoms with Gasteiger partial charge < -0.3 is 15.4 Å². The molecule has 5 nitrogen and oxygen atoms in total. The Morgan fingerprint density at radius 1 is 1.38 bits per heavy atom. The molecule has 1 aromatic heterocycles. The van der Waals surface area contributed by atoms with Crippen molar-refractivity contribution in [3.05, 3.63) is 36.5 Å². The van der Waals surface area contributed by atoms with Crippen LogP contribution >= 0.6 is 0 Å². The monoisotopic (exact) mass is 285 g/mol. The normalized spacial score (nSPS) is 18.4. The molecule has 0 spiro atoms. The maximum atomic E-state index is 11.9. The molecule has 2 N–H and O–H groups in total. The number of nitrogens with zero attached hydrogens (tertiary/aromatic N) is 1. The molecular weight excluding hydrogens is 266 g/mol. The molecule has 0 radical (unpaired) electrons. The van der Waals surface area contributed by atoms with Crippen molar-refractivity contribution in [2.75, 3.05) is 25.1 Å². The van der Waals surface area contributed by atoms with Crippen LogP contribution < -0.4 is 10.6 Å². The van der Waals surface area contributed by atoms with E-state index in [4.69, 9.17) is 4.74 Å². The Labute approximate surface area is 123 Å². The van der Waals surface area contributed by atoms with Gasteiger partial charge in [0.05, 0.1) is 12.1 Å². The number of hydrogen-bond donors (Lipinski definition) is 2. The molecule has 2 aromatic rings. The molecule has 1 fully saturated rings. The van der Waals surface area contributed by atoms with Crippen molar-refractivity contribution in [1.29, 1.82) is 0 Å². The van der Waals surface area contributed by atoms with Gasteiger partial charge in [-0.3, -0.25) is 4.98 Å². The Morgan fingerprint density at radius 2 is 2.33 bits per heavy atom. The van der Waals surface area contributed by atoms with Gasteiger partial charge in [0.2, 0.25) is 0 Å². The van der Waals surface area contributed by atoms with Crippen LogP contribution in [0, 0.1) is 5.92 Å². The molecule has 110 valence electrons. The molecule has 3 rings (SSSR count). The number of benzene rings is 1. The molecule has 1 saturated heterocycles. The number of ether oxygens (including phenoxy) is 1. The Bertz CT molecular complexity index is 624. The highest BCUT2D eigenvalue weighted by Gasteiger charge is 2.14. The highest BCUT2D eigenvalue weighted by atomic mass is 16.5. The minimum Gasteiger partial charge on any atom is -0.381 e. The maximum Gasteiger partial charge on any atom is 0.319 e. The van der Waals surface area contributed by atoms with Crippen molar-refractivity contribution in [1.82, 2.24) is 10.3 Å². The zero-order valence-corrected chi connectivity index (χ0v) is 11.8. The van der Waals surface area contributed by atoms with Crippen molar-refractivity contribution in [2.45, 2.75) is 12.8 Å². The summed E-state index contributed by atoms with van der Waals surface area (Å²) in [6.45, 7) is 2.23. The minimum atomic E-state index is -0.184. The van der Waals surface area contributed by atoms with Crippen LogP contribution in [0.25, 0.3) is 10.9 Å². The molecule has 5 heteroatoms. The third kappa shape index (κ3) is 3.70. The fourth-order valence-corrected chi connectivity index (χ4v) is 2.52. The largest absolute Gasteiger partial charge is 0.381 e. The molecule has 1 aromatic carbocycles. The fourth-order valence-electron chi connectivity index (χ4n) is 2.52. The summed E-state index contributed by atoms with van der Waals surface area (Å²) < 4.78 is 5.40. The first kappa shape index (κ1) is 13.8. The topological polar surface area (TPSA) is 63.2 Å². The van der Waals surface area contributed by atoms with E-state index in [1.807, 2.05) is 30.3 Å². The first-order valence-electron chi connectivity index (χ1n) is 7.28. The highest BCUT2D eigenvalue weighted by molar-refractivity contribution is 5.92. The molecule has 1 aliphatic heterocycles. The number of rotatable bonds is 3. The molecule has 2 heterocycles. The number of fused-ring (bicyclic) bond motifs is 1. The molecule has 0 unspecified atom stereocenters. The zero-order chi connectivity index (χ0) is 14.5. The van der Waals surface area contributed by atoms with E-state index in [0.29, 0.717) is 12.5 Å². The van der Waals surface area contributed by atoms with Crippen molar-refractivity contribution in [3.63, 3.8) is 0 Å². The van der Waals surface area contributed by atoms with E-state index in [-0.39, 0.29) is 6.03 Å². The molecular formula is C16H19N3O2. The standard InChI is InChI=1S/C16H19N3O2/c20-16(18-10-12-3-2-8-21-11-12)19-14-6-5-13-4-1-7-17-15(13)9-14/h1,4-7,9,12H,2-3,8,10-11H2,(H2,18,19,20)/t12-/m1/s1. The first-order chi connectivity index (χ1) is 10.3. The van der Waals surface area contributed by atoms with E-state index >= 15 is 0 Å². The summed E-state index contributed by atoms with van der Waals surface area (Å²) >= 11 is 0. The van der Waals surface area contributed by atoms with Crippen LogP contribution in [-0.4, -0.2) is 30.8 Å². The van der Waals surface area contributed by atoms with Gasteiger partial charge in [-0.15, -0.1) is 0 Å². The van der Waals surface area contributed by atoms with E-state index in [2.05, 4.69) is 15.6 Å². The lowest BCUT2D eigenvalue weighted by Crippen LogP contribution is -2.35. The molecule has 0 aliphatic carbocycles. The van der Waals surface area contributed by atoms with Gasteiger partial charge in [-0.05, 0) is 37.0 Å². The molecule has 1 aliphatic rings. The molecule has 0 bridgehead atoms. The average molecular weight is 285 g/mol. The summed E-state index contributed by atoms with van der Waals surface area (Å²) in [5.41, 5.74) is 1.62. The third-order valence-corrected chi connectivity index (χ3v) is 3.67. The van der Waals surface area contributed by atoms with Crippen LogP contribution in [0.2, 0.25) is 0 Å². The van der Waals surface area contributed by atoms with Gasteiger partial charge in [0.15, 0.2) is 0 Å². The van der Waals surface area contributed by atoms with Gasteiger partial charge >= 0.3 is 6.03 Å². The van der Waals surface area contributed by atoms with Crippen molar-refractivity contribution in [2.24, 2.45) is 5.92 Å². The summed E-state index contributed by atoms with van der Waals surface area (Å²) in [5, 5.41) is 6.80. The number of urea groups is 1. The molecule has 21 heavy (non-hydrogen) atoms. The number of amides is 2. The minimum absolute atomic E-state index is 0.184. The summed E-state index contributed by atoms with van der Waals surface area (Å²) in [5.74, 6) is 0.419. The second-order valence-electron chi connectivity index (χ2n) is 5.33. The summed E-state index contributed by atoms with van der Waals surface area (Å²) in [6, 6.07) is 9.42. The SMILES string of the molecule is O=C(NC[C@H]1CCCOC1)Nc1ccc2cccnc2c1.